The maximum Gasteiger partial charge on any atom is 0.302 e. The lowest BCUT2D eigenvalue weighted by Gasteiger charge is -2.58. The molecule has 4 aliphatic rings. The molecule has 0 heterocycles. The van der Waals surface area contributed by atoms with Crippen molar-refractivity contribution in [1.29, 1.82) is 0 Å². The zero-order valence-corrected chi connectivity index (χ0v) is 21.2. The Balaban J connectivity index is 1.47. The summed E-state index contributed by atoms with van der Waals surface area (Å²) in [7, 11) is 0. The van der Waals surface area contributed by atoms with E-state index in [0.29, 0.717) is 10.8 Å². The van der Waals surface area contributed by atoms with E-state index in [4.69, 9.17) is 4.74 Å². The maximum atomic E-state index is 11.5. The van der Waals surface area contributed by atoms with Crippen LogP contribution in [0.4, 0.5) is 0 Å². The molecule has 3 saturated carbocycles. The summed E-state index contributed by atoms with van der Waals surface area (Å²) in [6.07, 6.45) is 17.2. The van der Waals surface area contributed by atoms with Crippen LogP contribution in [0.2, 0.25) is 0 Å². The SMILES string of the molecule is CC(=O)O[C@H]1CC[C@@]2(C)C(=CCC3C4CCC([C@H](C)CCCC(C)C)C4(C)CCC32)C1. The molecule has 5 unspecified atom stereocenters. The molecule has 0 aromatic carbocycles. The normalized spacial score (nSPS) is 42.9. The number of allylic oxidation sites excluding steroid dienone is 1. The number of hydrogen-bond acceptors (Lipinski definition) is 2. The molecule has 31 heavy (non-hydrogen) atoms. The van der Waals surface area contributed by atoms with Gasteiger partial charge in [-0.3, -0.25) is 4.79 Å². The molecular formula is C29H48O2. The molecule has 0 aromatic heterocycles. The van der Waals surface area contributed by atoms with Crippen molar-refractivity contribution in [2.24, 2.45) is 46.3 Å². The Kier molecular flexibility index (Phi) is 6.68. The molecule has 0 aromatic rings. The van der Waals surface area contributed by atoms with Crippen molar-refractivity contribution < 1.29 is 9.53 Å². The van der Waals surface area contributed by atoms with E-state index in [9.17, 15) is 4.79 Å². The predicted octanol–water partition coefficient (Wildman–Crippen LogP) is 7.96. The average Bonchev–Trinajstić information content (AvgIpc) is 3.05. The number of rotatable bonds is 6. The molecule has 4 rings (SSSR count). The summed E-state index contributed by atoms with van der Waals surface area (Å²) in [5, 5.41) is 0. The molecule has 8 atom stereocenters. The second kappa shape index (κ2) is 8.86. The van der Waals surface area contributed by atoms with Gasteiger partial charge in [-0.15, -0.1) is 0 Å². The highest BCUT2D eigenvalue weighted by atomic mass is 16.5. The Morgan fingerprint density at radius 2 is 1.84 bits per heavy atom. The molecule has 176 valence electrons. The minimum absolute atomic E-state index is 0.115. The van der Waals surface area contributed by atoms with E-state index in [2.05, 4.69) is 40.7 Å². The van der Waals surface area contributed by atoms with Gasteiger partial charge in [-0.05, 0) is 91.3 Å². The van der Waals surface area contributed by atoms with Gasteiger partial charge >= 0.3 is 5.97 Å². The quantitative estimate of drug-likeness (QED) is 0.317. The van der Waals surface area contributed by atoms with Crippen molar-refractivity contribution in [3.05, 3.63) is 11.6 Å². The minimum atomic E-state index is -0.115. The van der Waals surface area contributed by atoms with Gasteiger partial charge in [0.15, 0.2) is 0 Å². The number of ether oxygens (including phenoxy) is 1. The van der Waals surface area contributed by atoms with Crippen LogP contribution >= 0.6 is 0 Å². The van der Waals surface area contributed by atoms with Crippen LogP contribution in [0.15, 0.2) is 11.6 Å². The van der Waals surface area contributed by atoms with Crippen LogP contribution in [-0.2, 0) is 9.53 Å². The van der Waals surface area contributed by atoms with Crippen LogP contribution < -0.4 is 0 Å². The third-order valence-electron chi connectivity index (χ3n) is 10.6. The van der Waals surface area contributed by atoms with E-state index in [1.807, 2.05) is 0 Å². The maximum absolute atomic E-state index is 11.5. The second-order valence-electron chi connectivity index (χ2n) is 12.8. The predicted molar refractivity (Wildman–Crippen MR) is 129 cm³/mol. The van der Waals surface area contributed by atoms with Crippen LogP contribution in [-0.4, -0.2) is 12.1 Å². The lowest BCUT2D eigenvalue weighted by Crippen LogP contribution is -2.51. The van der Waals surface area contributed by atoms with Crippen LogP contribution in [0.1, 0.15) is 112 Å². The highest BCUT2D eigenvalue weighted by Crippen LogP contribution is 2.67. The fraction of sp³-hybridized carbons (Fsp3) is 0.897. The minimum Gasteiger partial charge on any atom is -0.462 e. The zero-order chi connectivity index (χ0) is 22.4. The molecule has 0 saturated heterocycles. The summed E-state index contributed by atoms with van der Waals surface area (Å²) in [5.41, 5.74) is 2.53. The third kappa shape index (κ3) is 4.26. The van der Waals surface area contributed by atoms with Crippen molar-refractivity contribution in [3.63, 3.8) is 0 Å². The lowest BCUT2D eigenvalue weighted by atomic mass is 9.47. The van der Waals surface area contributed by atoms with Gasteiger partial charge in [0.1, 0.15) is 6.10 Å². The first-order valence-corrected chi connectivity index (χ1v) is 13.5. The monoisotopic (exact) mass is 428 g/mol. The molecule has 0 amide bonds. The van der Waals surface area contributed by atoms with Crippen molar-refractivity contribution >= 4 is 5.97 Å². The fourth-order valence-electron chi connectivity index (χ4n) is 8.99. The van der Waals surface area contributed by atoms with Gasteiger partial charge in [0.2, 0.25) is 0 Å². The van der Waals surface area contributed by atoms with Gasteiger partial charge in [-0.25, -0.2) is 0 Å². The van der Waals surface area contributed by atoms with Gasteiger partial charge in [0, 0.05) is 13.3 Å². The molecule has 0 aliphatic heterocycles. The molecule has 4 aliphatic carbocycles. The first-order chi connectivity index (χ1) is 14.6. The molecule has 3 fully saturated rings. The first kappa shape index (κ1) is 23.4. The number of carbonyl (C=O) groups excluding carboxylic acids is 1. The lowest BCUT2D eigenvalue weighted by molar-refractivity contribution is -0.148. The molecular weight excluding hydrogens is 380 g/mol. The summed E-state index contributed by atoms with van der Waals surface area (Å²) in [6, 6.07) is 0. The van der Waals surface area contributed by atoms with Gasteiger partial charge < -0.3 is 4.74 Å². The molecule has 0 N–H and O–H groups in total. The van der Waals surface area contributed by atoms with E-state index >= 15 is 0 Å². The molecule has 0 spiro atoms. The van der Waals surface area contributed by atoms with Crippen molar-refractivity contribution in [3.8, 4) is 0 Å². The van der Waals surface area contributed by atoms with Crippen molar-refractivity contribution in [1.82, 2.24) is 0 Å². The molecule has 2 nitrogen and oxygen atoms in total. The second-order valence-corrected chi connectivity index (χ2v) is 12.8. The third-order valence-corrected chi connectivity index (χ3v) is 10.6. The number of fused-ring (bicyclic) bond motifs is 5. The molecule has 0 radical (unpaired) electrons. The first-order valence-electron chi connectivity index (χ1n) is 13.5. The Morgan fingerprint density at radius 1 is 1.06 bits per heavy atom. The summed E-state index contributed by atoms with van der Waals surface area (Å²) in [6.45, 7) is 14.1. The van der Waals surface area contributed by atoms with Crippen LogP contribution in [0.5, 0.6) is 0 Å². The van der Waals surface area contributed by atoms with E-state index < -0.39 is 0 Å². The van der Waals surface area contributed by atoms with Gasteiger partial charge in [-0.2, -0.15) is 0 Å². The largest absolute Gasteiger partial charge is 0.462 e. The van der Waals surface area contributed by atoms with Crippen molar-refractivity contribution in [2.75, 3.05) is 0 Å². The summed E-state index contributed by atoms with van der Waals surface area (Å²) >= 11 is 0. The Morgan fingerprint density at radius 3 is 2.55 bits per heavy atom. The molecule has 0 bridgehead atoms. The number of esters is 1. The summed E-state index contributed by atoms with van der Waals surface area (Å²) in [4.78, 5) is 11.5. The summed E-state index contributed by atoms with van der Waals surface area (Å²) < 4.78 is 5.61. The van der Waals surface area contributed by atoms with Gasteiger partial charge in [0.25, 0.3) is 0 Å². The standard InChI is InChI=1S/C29H48O2/c1-19(2)8-7-9-20(3)25-12-13-26-24-11-10-22-18-23(31-21(4)30)14-16-28(22,5)27(24)15-17-29(25,26)6/h10,19-20,23-27H,7-9,11-18H2,1-6H3/t20-,23+,24?,25?,26?,27?,28+,29?/m1/s1. The van der Waals surface area contributed by atoms with Crippen molar-refractivity contribution in [2.45, 2.75) is 118 Å². The smallest absolute Gasteiger partial charge is 0.302 e. The average molecular weight is 429 g/mol. The zero-order valence-electron chi connectivity index (χ0n) is 21.2. The van der Waals surface area contributed by atoms with E-state index in [1.165, 1.54) is 57.8 Å². The highest BCUT2D eigenvalue weighted by Gasteiger charge is 2.59. The Bertz CT molecular complexity index is 693. The van der Waals surface area contributed by atoms with Crippen LogP contribution in [0, 0.1) is 46.3 Å². The van der Waals surface area contributed by atoms with E-state index in [0.717, 1.165) is 48.3 Å². The van der Waals surface area contributed by atoms with Gasteiger partial charge in [-0.1, -0.05) is 65.5 Å². The fourth-order valence-corrected chi connectivity index (χ4v) is 8.99. The summed E-state index contributed by atoms with van der Waals surface area (Å²) in [5.74, 6) is 5.19. The number of hydrogen-bond donors (Lipinski definition) is 0. The van der Waals surface area contributed by atoms with E-state index in [-0.39, 0.29) is 12.1 Å². The Hall–Kier alpha value is -0.790. The van der Waals surface area contributed by atoms with Crippen LogP contribution in [0.3, 0.4) is 0 Å². The Labute approximate surface area is 192 Å². The highest BCUT2D eigenvalue weighted by molar-refractivity contribution is 5.66. The number of carbonyl (C=O) groups is 1. The topological polar surface area (TPSA) is 26.3 Å². The van der Waals surface area contributed by atoms with E-state index in [1.54, 1.807) is 12.5 Å². The molecule has 2 heteroatoms. The van der Waals surface area contributed by atoms with Crippen LogP contribution in [0.25, 0.3) is 0 Å². The van der Waals surface area contributed by atoms with Gasteiger partial charge in [0.05, 0.1) is 0 Å².